The molecule has 0 aliphatic rings. The predicted molar refractivity (Wildman–Crippen MR) is 234 cm³/mol. The van der Waals surface area contributed by atoms with Crippen molar-refractivity contribution in [1.82, 2.24) is 28.7 Å². The van der Waals surface area contributed by atoms with Gasteiger partial charge in [0.2, 0.25) is 11.9 Å². The molecule has 12 aromatic rings. The first-order valence-corrected chi connectivity index (χ1v) is 17.3. The van der Waals surface area contributed by atoms with Crippen molar-refractivity contribution in [3.8, 4) is 40.1 Å². The second kappa shape index (κ2) is 12.3. The maximum atomic E-state index is 9.25. The van der Waals surface area contributed by atoms with Crippen LogP contribution in [-0.4, -0.2) is 28.7 Å². The van der Waals surface area contributed by atoms with Gasteiger partial charge in [-0.2, -0.15) is 15.0 Å². The second-order valence-corrected chi connectivity index (χ2v) is 12.7. The normalized spacial score (nSPS) is 17.8. The van der Waals surface area contributed by atoms with Gasteiger partial charge in [-0.05, 0) is 54.0 Å². The molecule has 0 amide bonds. The molecule has 4 aromatic heterocycles. The van der Waals surface area contributed by atoms with Gasteiger partial charge in [0.1, 0.15) is 0 Å². The van der Waals surface area contributed by atoms with Gasteiger partial charge in [-0.3, -0.25) is 9.13 Å². The highest BCUT2D eigenvalue weighted by atomic mass is 15.3. The average Bonchev–Trinajstić information content (AvgIpc) is 4.29. The van der Waals surface area contributed by atoms with E-state index in [0.29, 0.717) is 11.1 Å². The largest absolute Gasteiger partial charge is 0.309 e. The molecule has 0 spiro atoms. The summed E-state index contributed by atoms with van der Waals surface area (Å²) < 4.78 is 217. The Hall–Kier alpha value is -7.83. The van der Waals surface area contributed by atoms with Crippen molar-refractivity contribution in [1.29, 1.82) is 0 Å². The van der Waals surface area contributed by atoms with Gasteiger partial charge in [-0.25, -0.2) is 0 Å². The van der Waals surface area contributed by atoms with Crippen LogP contribution in [0, 0.1) is 0 Å². The van der Waals surface area contributed by atoms with Gasteiger partial charge in [-0.1, -0.05) is 145 Å². The van der Waals surface area contributed by atoms with Crippen LogP contribution in [0.25, 0.3) is 106 Å². The molecule has 0 N–H and O–H groups in total. The summed E-state index contributed by atoms with van der Waals surface area (Å²) in [6.07, 6.45) is 0. The molecule has 266 valence electrons. The van der Waals surface area contributed by atoms with E-state index in [2.05, 4.69) is 0 Å². The summed E-state index contributed by atoms with van der Waals surface area (Å²) >= 11 is 0. The third-order valence-electron chi connectivity index (χ3n) is 9.69. The van der Waals surface area contributed by atoms with Crippen molar-refractivity contribution in [3.05, 3.63) is 194 Å². The second-order valence-electron chi connectivity index (χ2n) is 12.7. The fraction of sp³-hybridized carbons (Fsp3) is 0. The van der Waals surface area contributed by atoms with Gasteiger partial charge in [-0.15, -0.1) is 0 Å². The van der Waals surface area contributed by atoms with Gasteiger partial charge in [0.15, 0.2) is 5.82 Å². The number of hydrogen-bond acceptors (Lipinski definition) is 3. The van der Waals surface area contributed by atoms with E-state index >= 15 is 0 Å². The molecule has 57 heavy (non-hydrogen) atoms. The van der Waals surface area contributed by atoms with E-state index in [-0.39, 0.29) is 60.4 Å². The molecule has 0 radical (unpaired) electrons. The first kappa shape index (κ1) is 16.1. The third-order valence-corrected chi connectivity index (χ3v) is 9.69. The highest BCUT2D eigenvalue weighted by Gasteiger charge is 2.21. The maximum absolute atomic E-state index is 9.25. The van der Waals surface area contributed by atoms with E-state index in [1.807, 2.05) is 0 Å². The van der Waals surface area contributed by atoms with E-state index in [9.17, 15) is 5.48 Å². The summed E-state index contributed by atoms with van der Waals surface area (Å²) in [4.78, 5) is 14.4. The highest BCUT2D eigenvalue weighted by molar-refractivity contribution is 6.11. The monoisotopic (exact) mass is 752 g/mol. The molecule has 6 nitrogen and oxygen atoms in total. The van der Waals surface area contributed by atoms with Crippen molar-refractivity contribution in [2.45, 2.75) is 0 Å². The number of rotatable bonds is 5. The molecule has 0 aliphatic heterocycles. The topological polar surface area (TPSA) is 53.5 Å². The molecular weight excluding hydrogens is 697 g/mol. The van der Waals surface area contributed by atoms with Crippen molar-refractivity contribution in [2.24, 2.45) is 0 Å². The van der Waals surface area contributed by atoms with Gasteiger partial charge >= 0.3 is 0 Å². The Morgan fingerprint density at radius 1 is 0.351 bits per heavy atom. The maximum Gasteiger partial charge on any atom is 0.240 e. The number of para-hydroxylation sites is 7. The number of nitrogens with zero attached hydrogens (tertiary/aromatic N) is 6. The molecule has 8 aromatic carbocycles. The smallest absolute Gasteiger partial charge is 0.240 e. The number of aromatic nitrogens is 6. The Morgan fingerprint density at radius 3 is 1.16 bits per heavy atom. The molecule has 12 rings (SSSR count). The fourth-order valence-corrected chi connectivity index (χ4v) is 7.32. The first-order chi connectivity index (χ1) is 38.3. The van der Waals surface area contributed by atoms with Crippen LogP contribution in [0.15, 0.2) is 194 Å². The van der Waals surface area contributed by atoms with Crippen molar-refractivity contribution in [2.75, 3.05) is 0 Å². The van der Waals surface area contributed by atoms with E-state index in [0.717, 1.165) is 9.13 Å². The van der Waals surface area contributed by atoms with Crippen LogP contribution in [0.4, 0.5) is 0 Å². The minimum Gasteiger partial charge on any atom is -0.309 e. The molecule has 0 saturated carbocycles. The molecule has 4 heterocycles. The summed E-state index contributed by atoms with van der Waals surface area (Å²) in [5.41, 5.74) is -1.19. The predicted octanol–water partition coefficient (Wildman–Crippen LogP) is 12.5. The Labute approximate surface area is 360 Å². The van der Waals surface area contributed by atoms with Crippen molar-refractivity contribution in [3.63, 3.8) is 0 Å². The number of fused-ring (bicyclic) bond motifs is 9. The van der Waals surface area contributed by atoms with Gasteiger partial charge < -0.3 is 4.57 Å². The Bertz CT molecular complexity index is 4540. The van der Waals surface area contributed by atoms with E-state index < -0.39 is 179 Å². The SMILES string of the molecule is [2H]c1c([2H])c([2H])c2c(c1[2H])c1c([2H])c([2H])c([2H])c([2H])c1n2-c1nc(-c2cccc(-c3ccccc3-n3c4c([2H])c([2H])c([2H])c([2H])c4c4c([2H])c([2H])c([2H])c([2H])c43)c2)nc(-n2c3c([2H])c([2H])c([2H])c([2H])c3c3c([2H])c([2H])c([2H])c([2H])c32)n1. The van der Waals surface area contributed by atoms with E-state index in [4.69, 9.17) is 42.4 Å². The van der Waals surface area contributed by atoms with Crippen LogP contribution in [-0.2, 0) is 0 Å². The molecule has 0 saturated heterocycles. The number of benzene rings is 8. The summed E-state index contributed by atoms with van der Waals surface area (Å²) in [7, 11) is 0. The minimum atomic E-state index is -0.781. The lowest BCUT2D eigenvalue weighted by Crippen LogP contribution is -2.10. The molecule has 0 bridgehead atoms. The Morgan fingerprint density at radius 2 is 0.719 bits per heavy atom. The molecule has 0 aliphatic carbocycles. The van der Waals surface area contributed by atoms with Crippen LogP contribution < -0.4 is 0 Å². The summed E-state index contributed by atoms with van der Waals surface area (Å²) in [6, 6.07) is -3.91. The lowest BCUT2D eigenvalue weighted by atomic mass is 10.0. The van der Waals surface area contributed by atoms with Crippen molar-refractivity contribution >= 4 is 65.4 Å². The van der Waals surface area contributed by atoms with E-state index in [1.165, 1.54) is 16.7 Å². The van der Waals surface area contributed by atoms with Crippen LogP contribution in [0.1, 0.15) is 32.9 Å². The molecular formula is C51H32N6. The zero-order chi connectivity index (χ0) is 58.3. The van der Waals surface area contributed by atoms with Crippen LogP contribution in [0.2, 0.25) is 0 Å². The van der Waals surface area contributed by atoms with Gasteiger partial charge in [0, 0.05) is 43.4 Å². The Kier molecular flexibility index (Phi) is 3.49. The van der Waals surface area contributed by atoms with Crippen molar-refractivity contribution < 1.29 is 32.9 Å². The van der Waals surface area contributed by atoms with Crippen LogP contribution >= 0.6 is 0 Å². The fourth-order valence-electron chi connectivity index (χ4n) is 7.32. The zero-order valence-electron chi connectivity index (χ0n) is 52.8. The van der Waals surface area contributed by atoms with E-state index in [1.54, 1.807) is 36.4 Å². The van der Waals surface area contributed by atoms with Gasteiger partial charge in [0.25, 0.3) is 0 Å². The standard InChI is InChI=1S/C51H32N6/c1-8-25-42(55-43-26-9-2-19-36(43)37-20-3-10-27-44(37)55)35(18-1)33-16-15-17-34(32-33)49-52-50(56-45-28-11-4-21-38(45)39-22-5-12-29-46(39)56)54-51(53-49)57-47-30-13-6-23-40(47)41-24-7-14-31-48(41)57/h1-32H/i2D,3D,4D,5D,6D,7D,9D,10D,11D,12D,13D,14D,19D,20D,21D,22D,23D,24D,26D,27D,28D,29D,30D,31D. The number of hydrogen-bond donors (Lipinski definition) is 0. The third kappa shape index (κ3) is 4.74. The molecule has 0 unspecified atom stereocenters. The average molecular weight is 753 g/mol. The molecule has 0 atom stereocenters. The highest BCUT2D eigenvalue weighted by Crippen LogP contribution is 2.38. The zero-order valence-corrected chi connectivity index (χ0v) is 28.8. The summed E-state index contributed by atoms with van der Waals surface area (Å²) in [5.74, 6) is -1.56. The van der Waals surface area contributed by atoms with Crippen LogP contribution in [0.3, 0.4) is 0 Å². The summed E-state index contributed by atoms with van der Waals surface area (Å²) in [5, 5.41) is -1.77. The quantitative estimate of drug-likeness (QED) is 0.176. The minimum absolute atomic E-state index is 0.0763. The first-order valence-electron chi connectivity index (χ1n) is 29.3. The molecule has 6 heteroatoms. The lowest BCUT2D eigenvalue weighted by molar-refractivity contribution is 0.893. The lowest BCUT2D eigenvalue weighted by Gasteiger charge is -2.15. The summed E-state index contributed by atoms with van der Waals surface area (Å²) in [6.45, 7) is 0. The van der Waals surface area contributed by atoms with Gasteiger partial charge in [0.05, 0.1) is 71.7 Å². The van der Waals surface area contributed by atoms with Crippen LogP contribution in [0.5, 0.6) is 0 Å². The molecule has 0 fully saturated rings. The Balaban J connectivity index is 1.23.